The van der Waals surface area contributed by atoms with Gasteiger partial charge in [-0.25, -0.2) is 0 Å². The van der Waals surface area contributed by atoms with E-state index < -0.39 is 0 Å². The van der Waals surface area contributed by atoms with Gasteiger partial charge in [0, 0.05) is 13.1 Å². The first kappa shape index (κ1) is 14.9. The Morgan fingerprint density at radius 2 is 2.18 bits per heavy atom. The van der Waals surface area contributed by atoms with Crippen molar-refractivity contribution in [1.29, 1.82) is 0 Å². The molecule has 1 aliphatic rings. The first-order chi connectivity index (χ1) is 8.07. The molecule has 17 heavy (non-hydrogen) atoms. The van der Waals surface area contributed by atoms with Crippen LogP contribution in [0.2, 0.25) is 0 Å². The summed E-state index contributed by atoms with van der Waals surface area (Å²) in [6.45, 7) is 9.08. The van der Waals surface area contributed by atoms with Crippen molar-refractivity contribution in [1.82, 2.24) is 4.90 Å². The molecular formula is C13H28N2O2. The molecule has 1 rings (SSSR count). The van der Waals surface area contributed by atoms with Gasteiger partial charge in [0.2, 0.25) is 0 Å². The van der Waals surface area contributed by atoms with Crippen LogP contribution in [-0.2, 0) is 4.74 Å². The van der Waals surface area contributed by atoms with Gasteiger partial charge in [0.15, 0.2) is 0 Å². The lowest BCUT2D eigenvalue weighted by Crippen LogP contribution is -2.44. The van der Waals surface area contributed by atoms with Crippen molar-refractivity contribution in [3.63, 3.8) is 0 Å². The van der Waals surface area contributed by atoms with Crippen molar-refractivity contribution in [2.24, 2.45) is 11.1 Å². The largest absolute Gasteiger partial charge is 0.394 e. The van der Waals surface area contributed by atoms with Gasteiger partial charge in [-0.3, -0.25) is 4.90 Å². The summed E-state index contributed by atoms with van der Waals surface area (Å²) >= 11 is 0. The van der Waals surface area contributed by atoms with E-state index in [1.807, 2.05) is 0 Å². The molecule has 0 saturated carbocycles. The number of unbranched alkanes of at least 4 members (excludes halogenated alkanes) is 1. The van der Waals surface area contributed by atoms with Crippen LogP contribution in [0.3, 0.4) is 0 Å². The molecule has 0 amide bonds. The zero-order valence-electron chi connectivity index (χ0n) is 11.3. The maximum atomic E-state index is 9.05. The summed E-state index contributed by atoms with van der Waals surface area (Å²) in [4.78, 5) is 2.39. The van der Waals surface area contributed by atoms with Crippen molar-refractivity contribution in [3.8, 4) is 0 Å². The molecule has 1 fully saturated rings. The Hall–Kier alpha value is -0.160. The molecule has 102 valence electrons. The third-order valence-corrected chi connectivity index (χ3v) is 3.56. The van der Waals surface area contributed by atoms with Gasteiger partial charge < -0.3 is 15.6 Å². The lowest BCUT2D eigenvalue weighted by atomic mass is 9.87. The third kappa shape index (κ3) is 5.82. The summed E-state index contributed by atoms with van der Waals surface area (Å²) in [5, 5.41) is 9.05. The summed E-state index contributed by atoms with van der Waals surface area (Å²) in [6.07, 6.45) is 3.65. The number of ether oxygens (including phenoxy) is 1. The molecule has 0 aromatic heterocycles. The number of aliphatic hydroxyl groups is 1. The van der Waals surface area contributed by atoms with E-state index in [2.05, 4.69) is 18.7 Å². The summed E-state index contributed by atoms with van der Waals surface area (Å²) < 4.78 is 5.43. The molecule has 0 aromatic carbocycles. The molecule has 1 heterocycles. The second-order valence-electron chi connectivity index (χ2n) is 5.80. The molecule has 4 nitrogen and oxygen atoms in total. The maximum Gasteiger partial charge on any atom is 0.0932 e. The highest BCUT2D eigenvalue weighted by molar-refractivity contribution is 4.72. The predicted molar refractivity (Wildman–Crippen MR) is 70.0 cm³/mol. The Labute approximate surface area is 105 Å². The SMILES string of the molecule is CC(C)(CN)CCCCN1CCOC(CO)C1. The van der Waals surface area contributed by atoms with Gasteiger partial charge in [-0.05, 0) is 31.3 Å². The van der Waals surface area contributed by atoms with Gasteiger partial charge in [0.05, 0.1) is 19.3 Å². The summed E-state index contributed by atoms with van der Waals surface area (Å²) in [5.41, 5.74) is 5.99. The van der Waals surface area contributed by atoms with Gasteiger partial charge in [0.1, 0.15) is 0 Å². The number of hydrogen-bond acceptors (Lipinski definition) is 4. The molecule has 0 radical (unpaired) electrons. The first-order valence-corrected chi connectivity index (χ1v) is 6.72. The van der Waals surface area contributed by atoms with E-state index in [1.165, 1.54) is 19.3 Å². The molecule has 4 heteroatoms. The van der Waals surface area contributed by atoms with Crippen molar-refractivity contribution in [2.45, 2.75) is 39.2 Å². The van der Waals surface area contributed by atoms with E-state index in [1.54, 1.807) is 0 Å². The fraction of sp³-hybridized carbons (Fsp3) is 1.00. The molecule has 1 atom stereocenters. The van der Waals surface area contributed by atoms with Crippen molar-refractivity contribution < 1.29 is 9.84 Å². The monoisotopic (exact) mass is 244 g/mol. The normalized spacial score (nSPS) is 22.9. The number of aliphatic hydroxyl groups excluding tert-OH is 1. The second-order valence-corrected chi connectivity index (χ2v) is 5.80. The quantitative estimate of drug-likeness (QED) is 0.651. The van der Waals surface area contributed by atoms with E-state index in [-0.39, 0.29) is 18.1 Å². The molecule has 0 spiro atoms. The summed E-state index contributed by atoms with van der Waals surface area (Å²) in [7, 11) is 0. The molecule has 1 aliphatic heterocycles. The smallest absolute Gasteiger partial charge is 0.0932 e. The topological polar surface area (TPSA) is 58.7 Å². The van der Waals surface area contributed by atoms with E-state index in [0.717, 1.165) is 32.8 Å². The second kappa shape index (κ2) is 7.31. The van der Waals surface area contributed by atoms with E-state index in [4.69, 9.17) is 15.6 Å². The van der Waals surface area contributed by atoms with Gasteiger partial charge in [-0.2, -0.15) is 0 Å². The summed E-state index contributed by atoms with van der Waals surface area (Å²) in [5.74, 6) is 0. The van der Waals surface area contributed by atoms with Crippen molar-refractivity contribution in [3.05, 3.63) is 0 Å². The van der Waals surface area contributed by atoms with Gasteiger partial charge in [-0.1, -0.05) is 20.3 Å². The molecule has 3 N–H and O–H groups in total. The minimum Gasteiger partial charge on any atom is -0.394 e. The van der Waals surface area contributed by atoms with Gasteiger partial charge in [0.25, 0.3) is 0 Å². The highest BCUT2D eigenvalue weighted by Crippen LogP contribution is 2.21. The lowest BCUT2D eigenvalue weighted by Gasteiger charge is -2.32. The van der Waals surface area contributed by atoms with Crippen LogP contribution in [0, 0.1) is 5.41 Å². The van der Waals surface area contributed by atoms with E-state index in [0.29, 0.717) is 0 Å². The van der Waals surface area contributed by atoms with Crippen molar-refractivity contribution in [2.75, 3.05) is 39.4 Å². The van der Waals surface area contributed by atoms with Crippen LogP contribution in [0.1, 0.15) is 33.1 Å². The Balaban J connectivity index is 2.10. The number of morpholine rings is 1. The summed E-state index contributed by atoms with van der Waals surface area (Å²) in [6, 6.07) is 0. The Kier molecular flexibility index (Phi) is 6.41. The van der Waals surface area contributed by atoms with Crippen LogP contribution in [0.25, 0.3) is 0 Å². The Morgan fingerprint density at radius 3 is 2.82 bits per heavy atom. The number of nitrogens with two attached hydrogens (primary N) is 1. The van der Waals surface area contributed by atoms with Crippen LogP contribution in [0.4, 0.5) is 0 Å². The first-order valence-electron chi connectivity index (χ1n) is 6.72. The maximum absolute atomic E-state index is 9.05. The molecular weight excluding hydrogens is 216 g/mol. The minimum atomic E-state index is 0.0178. The fourth-order valence-electron chi connectivity index (χ4n) is 2.14. The highest BCUT2D eigenvalue weighted by atomic mass is 16.5. The van der Waals surface area contributed by atoms with Gasteiger partial charge >= 0.3 is 0 Å². The van der Waals surface area contributed by atoms with Crippen LogP contribution in [-0.4, -0.2) is 55.5 Å². The number of nitrogens with zero attached hydrogens (tertiary/aromatic N) is 1. The third-order valence-electron chi connectivity index (χ3n) is 3.56. The number of rotatable bonds is 7. The Bertz CT molecular complexity index is 210. The van der Waals surface area contributed by atoms with Crippen LogP contribution < -0.4 is 5.73 Å². The molecule has 0 aliphatic carbocycles. The average Bonchev–Trinajstić information content (AvgIpc) is 2.35. The fourth-order valence-corrected chi connectivity index (χ4v) is 2.14. The average molecular weight is 244 g/mol. The van der Waals surface area contributed by atoms with Crippen LogP contribution in [0.15, 0.2) is 0 Å². The zero-order valence-corrected chi connectivity index (χ0v) is 11.3. The highest BCUT2D eigenvalue weighted by Gasteiger charge is 2.19. The van der Waals surface area contributed by atoms with E-state index in [9.17, 15) is 0 Å². The lowest BCUT2D eigenvalue weighted by molar-refractivity contribution is -0.0530. The van der Waals surface area contributed by atoms with Crippen LogP contribution in [0.5, 0.6) is 0 Å². The zero-order chi connectivity index (χ0) is 12.7. The molecule has 1 unspecified atom stereocenters. The Morgan fingerprint density at radius 1 is 1.41 bits per heavy atom. The molecule has 1 saturated heterocycles. The number of hydrogen-bond donors (Lipinski definition) is 2. The van der Waals surface area contributed by atoms with E-state index >= 15 is 0 Å². The predicted octanol–water partition coefficient (Wildman–Crippen LogP) is 0.835. The van der Waals surface area contributed by atoms with Gasteiger partial charge in [-0.15, -0.1) is 0 Å². The standard InChI is InChI=1S/C13H28N2O2/c1-13(2,11-14)5-3-4-6-15-7-8-17-12(9-15)10-16/h12,16H,3-11,14H2,1-2H3. The molecule has 0 bridgehead atoms. The van der Waals surface area contributed by atoms with Crippen LogP contribution >= 0.6 is 0 Å². The van der Waals surface area contributed by atoms with Crippen molar-refractivity contribution >= 4 is 0 Å². The minimum absolute atomic E-state index is 0.0178. The molecule has 0 aromatic rings.